The lowest BCUT2D eigenvalue weighted by atomic mass is 10.1. The zero-order valence-corrected chi connectivity index (χ0v) is 17.9. The highest BCUT2D eigenvalue weighted by molar-refractivity contribution is 6.30. The average Bonchev–Trinajstić information content (AvgIpc) is 3.37. The average molecular weight is 447 g/mol. The summed E-state index contributed by atoms with van der Waals surface area (Å²) in [5.41, 5.74) is 6.23. The fourth-order valence-corrected chi connectivity index (χ4v) is 3.04. The summed E-state index contributed by atoms with van der Waals surface area (Å²) in [6.07, 6.45) is 1.51. The van der Waals surface area contributed by atoms with Crippen molar-refractivity contribution in [2.45, 2.75) is 13.5 Å². The molecule has 0 saturated carbocycles. The first kappa shape index (κ1) is 21.2. The van der Waals surface area contributed by atoms with E-state index in [2.05, 4.69) is 26.1 Å². The summed E-state index contributed by atoms with van der Waals surface area (Å²) in [5, 5.41) is 16.0. The molecule has 0 spiro atoms. The number of amides is 1. The molecule has 1 heterocycles. The third-order valence-corrected chi connectivity index (χ3v) is 4.86. The molecule has 8 nitrogen and oxygen atoms in total. The largest absolute Gasteiger partial charge is 0.489 e. The highest BCUT2D eigenvalue weighted by atomic mass is 35.5. The van der Waals surface area contributed by atoms with Gasteiger partial charge in [0.05, 0.1) is 11.4 Å². The number of nitrogens with zero attached hydrogens (tertiary/aromatic N) is 5. The Morgan fingerprint density at radius 1 is 1.06 bits per heavy atom. The van der Waals surface area contributed by atoms with E-state index in [9.17, 15) is 4.79 Å². The van der Waals surface area contributed by atoms with Gasteiger partial charge in [-0.05, 0) is 77.0 Å². The summed E-state index contributed by atoms with van der Waals surface area (Å²) in [4.78, 5) is 12.6. The highest BCUT2D eigenvalue weighted by Crippen LogP contribution is 2.17. The second kappa shape index (κ2) is 9.84. The maximum Gasteiger partial charge on any atom is 0.271 e. The van der Waals surface area contributed by atoms with Crippen LogP contribution < -0.4 is 10.2 Å². The molecule has 0 bridgehead atoms. The van der Waals surface area contributed by atoms with Gasteiger partial charge in [0.15, 0.2) is 0 Å². The Morgan fingerprint density at radius 3 is 2.62 bits per heavy atom. The van der Waals surface area contributed by atoms with Gasteiger partial charge in [0.2, 0.25) is 0 Å². The molecule has 0 aliphatic rings. The van der Waals surface area contributed by atoms with Crippen LogP contribution in [0.15, 0.2) is 84.2 Å². The van der Waals surface area contributed by atoms with Crippen molar-refractivity contribution in [2.75, 3.05) is 0 Å². The number of rotatable bonds is 7. The van der Waals surface area contributed by atoms with Crippen LogP contribution in [0.4, 0.5) is 0 Å². The minimum absolute atomic E-state index is 0.311. The number of hydrogen-bond donors (Lipinski definition) is 1. The first-order chi connectivity index (χ1) is 15.6. The van der Waals surface area contributed by atoms with Crippen molar-refractivity contribution in [1.82, 2.24) is 25.6 Å². The number of aromatic nitrogens is 4. The van der Waals surface area contributed by atoms with Gasteiger partial charge in [-0.1, -0.05) is 35.9 Å². The van der Waals surface area contributed by atoms with E-state index in [1.165, 1.54) is 6.33 Å². The van der Waals surface area contributed by atoms with Crippen molar-refractivity contribution in [3.05, 3.63) is 101 Å². The molecule has 0 aliphatic heterocycles. The molecule has 1 amide bonds. The van der Waals surface area contributed by atoms with E-state index in [1.54, 1.807) is 41.1 Å². The Kier molecular flexibility index (Phi) is 6.52. The molecule has 4 rings (SSSR count). The smallest absolute Gasteiger partial charge is 0.271 e. The second-order valence-electron chi connectivity index (χ2n) is 6.89. The molecule has 0 saturated heterocycles. The van der Waals surface area contributed by atoms with Gasteiger partial charge >= 0.3 is 0 Å². The normalized spacial score (nSPS) is 11.2. The maximum absolute atomic E-state index is 12.6. The van der Waals surface area contributed by atoms with Crippen LogP contribution in [-0.4, -0.2) is 31.8 Å². The molecule has 0 unspecified atom stereocenters. The summed E-state index contributed by atoms with van der Waals surface area (Å²) in [6, 6.07) is 21.9. The zero-order valence-electron chi connectivity index (χ0n) is 17.1. The number of carbonyl (C=O) groups excluding carboxylic acids is 1. The van der Waals surface area contributed by atoms with E-state index in [4.69, 9.17) is 16.3 Å². The van der Waals surface area contributed by atoms with Crippen LogP contribution in [0.25, 0.3) is 5.69 Å². The quantitative estimate of drug-likeness (QED) is 0.341. The molecule has 1 aromatic heterocycles. The van der Waals surface area contributed by atoms with Gasteiger partial charge in [-0.15, -0.1) is 5.10 Å². The number of halogens is 1. The first-order valence-corrected chi connectivity index (χ1v) is 10.1. The Balaban J connectivity index is 1.40. The Morgan fingerprint density at radius 2 is 1.84 bits per heavy atom. The molecular formula is C23H19ClN6O2. The number of carbonyl (C=O) groups is 1. The standard InChI is InChI=1S/C23H19ClN6O2/c1-16(18-5-3-7-21(13-18)30-15-25-28-29-30)26-27-23(31)19-6-2-4-17(12-19)14-32-22-10-8-20(24)9-11-22/h2-13,15H,14H2,1H3,(H,27,31)/b26-16-. The predicted molar refractivity (Wildman–Crippen MR) is 121 cm³/mol. The summed E-state index contributed by atoms with van der Waals surface area (Å²) in [5.74, 6) is 0.391. The molecular weight excluding hydrogens is 428 g/mol. The summed E-state index contributed by atoms with van der Waals surface area (Å²) < 4.78 is 7.29. The highest BCUT2D eigenvalue weighted by Gasteiger charge is 2.08. The first-order valence-electron chi connectivity index (χ1n) is 9.74. The SMILES string of the molecule is C/C(=N/NC(=O)c1cccc(COc2ccc(Cl)cc2)c1)c1cccc(-n2cnnn2)c1. The molecule has 0 aliphatic carbocycles. The van der Waals surface area contributed by atoms with E-state index in [1.807, 2.05) is 43.3 Å². The zero-order chi connectivity index (χ0) is 22.3. The van der Waals surface area contributed by atoms with E-state index in [0.717, 1.165) is 16.8 Å². The van der Waals surface area contributed by atoms with E-state index < -0.39 is 0 Å². The fourth-order valence-electron chi connectivity index (χ4n) is 2.92. The molecule has 0 fully saturated rings. The minimum atomic E-state index is -0.311. The van der Waals surface area contributed by atoms with E-state index >= 15 is 0 Å². The van der Waals surface area contributed by atoms with Crippen LogP contribution >= 0.6 is 11.6 Å². The third kappa shape index (κ3) is 5.35. The van der Waals surface area contributed by atoms with Gasteiger partial charge in [-0.2, -0.15) is 5.10 Å². The second-order valence-corrected chi connectivity index (χ2v) is 7.32. The Bertz CT molecular complexity index is 1240. The van der Waals surface area contributed by atoms with Crippen molar-refractivity contribution in [1.29, 1.82) is 0 Å². The number of ether oxygens (including phenoxy) is 1. The number of benzene rings is 3. The maximum atomic E-state index is 12.6. The van der Waals surface area contributed by atoms with Gasteiger partial charge in [0.1, 0.15) is 18.7 Å². The lowest BCUT2D eigenvalue weighted by molar-refractivity contribution is 0.0954. The number of hydrogen-bond acceptors (Lipinski definition) is 6. The summed E-state index contributed by atoms with van der Waals surface area (Å²) >= 11 is 5.89. The van der Waals surface area contributed by atoms with Gasteiger partial charge in [0.25, 0.3) is 5.91 Å². The van der Waals surface area contributed by atoms with Crippen molar-refractivity contribution < 1.29 is 9.53 Å². The van der Waals surface area contributed by atoms with Crippen LogP contribution in [-0.2, 0) is 6.61 Å². The van der Waals surface area contributed by atoms with Crippen LogP contribution in [0.1, 0.15) is 28.4 Å². The molecule has 9 heteroatoms. The number of tetrazole rings is 1. The van der Waals surface area contributed by atoms with Crippen LogP contribution in [0.5, 0.6) is 5.75 Å². The van der Waals surface area contributed by atoms with Crippen molar-refractivity contribution >= 4 is 23.2 Å². The third-order valence-electron chi connectivity index (χ3n) is 4.61. The lowest BCUT2D eigenvalue weighted by Gasteiger charge is -2.08. The molecule has 3 aromatic carbocycles. The van der Waals surface area contributed by atoms with Crippen LogP contribution in [0, 0.1) is 0 Å². The monoisotopic (exact) mass is 446 g/mol. The Hall–Kier alpha value is -4.04. The summed E-state index contributed by atoms with van der Waals surface area (Å²) in [6.45, 7) is 2.14. The molecule has 1 N–H and O–H groups in total. The van der Waals surface area contributed by atoms with E-state index in [-0.39, 0.29) is 5.91 Å². The van der Waals surface area contributed by atoms with Gasteiger partial charge < -0.3 is 4.74 Å². The summed E-state index contributed by atoms with van der Waals surface area (Å²) in [7, 11) is 0. The minimum Gasteiger partial charge on any atom is -0.489 e. The van der Waals surface area contributed by atoms with Gasteiger partial charge in [-0.3, -0.25) is 4.79 Å². The van der Waals surface area contributed by atoms with Gasteiger partial charge in [-0.25, -0.2) is 10.1 Å². The van der Waals surface area contributed by atoms with Crippen LogP contribution in [0.2, 0.25) is 5.02 Å². The lowest BCUT2D eigenvalue weighted by Crippen LogP contribution is -2.19. The number of nitrogens with one attached hydrogen (secondary N) is 1. The van der Waals surface area contributed by atoms with Crippen molar-refractivity contribution in [2.24, 2.45) is 5.10 Å². The molecule has 4 aromatic rings. The Labute approximate surface area is 189 Å². The molecule has 0 atom stereocenters. The topological polar surface area (TPSA) is 94.3 Å². The van der Waals surface area contributed by atoms with Gasteiger partial charge in [0, 0.05) is 10.6 Å². The van der Waals surface area contributed by atoms with Crippen molar-refractivity contribution in [3.63, 3.8) is 0 Å². The number of hydrazone groups is 1. The molecule has 160 valence electrons. The fraction of sp³-hybridized carbons (Fsp3) is 0.0870. The van der Waals surface area contributed by atoms with E-state index in [0.29, 0.717) is 28.7 Å². The predicted octanol–water partition coefficient (Wildman–Crippen LogP) is 4.05. The van der Waals surface area contributed by atoms with Crippen LogP contribution in [0.3, 0.4) is 0 Å². The van der Waals surface area contributed by atoms with Crippen molar-refractivity contribution in [3.8, 4) is 11.4 Å². The molecule has 0 radical (unpaired) electrons. The molecule has 32 heavy (non-hydrogen) atoms.